The molecule has 0 aliphatic heterocycles. The second kappa shape index (κ2) is 3.95. The molecule has 0 unspecified atom stereocenters. The molecule has 0 saturated carbocycles. The molecule has 0 bridgehead atoms. The fourth-order valence-electron chi connectivity index (χ4n) is 0.772. The quantitative estimate of drug-likeness (QED) is 0.505. The van der Waals surface area contributed by atoms with E-state index in [1.54, 1.807) is 0 Å². The van der Waals surface area contributed by atoms with Crippen molar-refractivity contribution in [2.24, 2.45) is 0 Å². The number of pyridine rings is 1. The topological polar surface area (TPSA) is 42.4 Å². The Morgan fingerprint density at radius 1 is 1.62 bits per heavy atom. The van der Waals surface area contributed by atoms with Gasteiger partial charge in [-0.25, -0.2) is 10.0 Å². The van der Waals surface area contributed by atoms with Gasteiger partial charge >= 0.3 is 0 Å². The van der Waals surface area contributed by atoms with Gasteiger partial charge in [0.05, 0.1) is 7.11 Å². The predicted octanol–water partition coefficient (Wildman–Crippen LogP) is 0.854. The van der Waals surface area contributed by atoms with Gasteiger partial charge < -0.3 is 0 Å². The Balaban J connectivity index is 2.89. The van der Waals surface area contributed by atoms with Crippen LogP contribution in [0.15, 0.2) is 18.2 Å². The van der Waals surface area contributed by atoms with Gasteiger partial charge in [-0.15, -0.1) is 0 Å². The van der Waals surface area contributed by atoms with Crippen LogP contribution in [0.2, 0.25) is 0 Å². The molecular weight excluding hydrogens is 175 g/mol. The molecule has 4 nitrogen and oxygen atoms in total. The van der Waals surface area contributed by atoms with Crippen LogP contribution in [0.1, 0.15) is 10.5 Å². The van der Waals surface area contributed by atoms with E-state index >= 15 is 0 Å². The highest BCUT2D eigenvalue weighted by molar-refractivity contribution is 5.91. The van der Waals surface area contributed by atoms with Crippen molar-refractivity contribution >= 4 is 5.91 Å². The molecule has 1 aromatic rings. The van der Waals surface area contributed by atoms with Crippen molar-refractivity contribution in [1.29, 1.82) is 0 Å². The highest BCUT2D eigenvalue weighted by Gasteiger charge is 2.12. The Bertz CT molecular complexity index is 317. The summed E-state index contributed by atoms with van der Waals surface area (Å²) >= 11 is 0. The molecule has 0 spiro atoms. The van der Waals surface area contributed by atoms with Crippen LogP contribution in [-0.4, -0.2) is 30.1 Å². The summed E-state index contributed by atoms with van der Waals surface area (Å²) in [5.74, 6) is -1.17. The summed E-state index contributed by atoms with van der Waals surface area (Å²) in [6, 6.07) is 4.00. The normalized spacial score (nSPS) is 9.77. The van der Waals surface area contributed by atoms with Crippen LogP contribution >= 0.6 is 0 Å². The van der Waals surface area contributed by atoms with Gasteiger partial charge in [-0.05, 0) is 12.1 Å². The Kier molecular flexibility index (Phi) is 2.92. The molecule has 0 atom stereocenters. The number of carbonyl (C=O) groups is 1. The minimum Gasteiger partial charge on any atom is -0.274 e. The maximum absolute atomic E-state index is 12.6. The summed E-state index contributed by atoms with van der Waals surface area (Å²) in [4.78, 5) is 19.3. The van der Waals surface area contributed by atoms with Crippen LogP contribution in [0.3, 0.4) is 0 Å². The zero-order chi connectivity index (χ0) is 9.84. The first-order valence-electron chi connectivity index (χ1n) is 3.60. The second-order valence-corrected chi connectivity index (χ2v) is 2.33. The summed E-state index contributed by atoms with van der Waals surface area (Å²) in [7, 11) is 2.77. The first-order valence-corrected chi connectivity index (χ1v) is 3.60. The third-order valence-electron chi connectivity index (χ3n) is 1.49. The smallest absolute Gasteiger partial charge is 0.274 e. The SMILES string of the molecule is CON(C)C(=O)c1cccc(F)n1. The number of halogens is 1. The number of amides is 1. The van der Waals surface area contributed by atoms with Crippen molar-refractivity contribution in [3.8, 4) is 0 Å². The number of hydroxylamine groups is 2. The van der Waals surface area contributed by atoms with Crippen LogP contribution in [0, 0.1) is 5.95 Å². The zero-order valence-electron chi connectivity index (χ0n) is 7.32. The highest BCUT2D eigenvalue weighted by Crippen LogP contribution is 2.01. The number of hydrogen-bond donors (Lipinski definition) is 0. The molecule has 0 saturated heterocycles. The second-order valence-electron chi connectivity index (χ2n) is 2.33. The summed E-state index contributed by atoms with van der Waals surface area (Å²) in [5, 5.41) is 0.974. The largest absolute Gasteiger partial charge is 0.295 e. The van der Waals surface area contributed by atoms with Crippen LogP contribution in [-0.2, 0) is 4.84 Å². The van der Waals surface area contributed by atoms with E-state index < -0.39 is 11.9 Å². The fourth-order valence-corrected chi connectivity index (χ4v) is 0.772. The minimum atomic E-state index is -0.685. The molecule has 0 aliphatic rings. The summed E-state index contributed by atoms with van der Waals surface area (Å²) in [6.07, 6.45) is 0. The van der Waals surface area contributed by atoms with Crippen LogP contribution in [0.5, 0.6) is 0 Å². The van der Waals surface area contributed by atoms with Crippen LogP contribution in [0.25, 0.3) is 0 Å². The third kappa shape index (κ3) is 2.22. The lowest BCUT2D eigenvalue weighted by atomic mass is 10.3. The van der Waals surface area contributed by atoms with Crippen molar-refractivity contribution < 1.29 is 14.0 Å². The van der Waals surface area contributed by atoms with Crippen molar-refractivity contribution in [2.75, 3.05) is 14.2 Å². The molecule has 0 aromatic carbocycles. The van der Waals surface area contributed by atoms with E-state index in [1.165, 1.54) is 32.4 Å². The molecule has 0 fully saturated rings. The lowest BCUT2D eigenvalue weighted by Gasteiger charge is -2.12. The average Bonchev–Trinajstić information content (AvgIpc) is 2.15. The first-order chi connectivity index (χ1) is 6.15. The standard InChI is InChI=1S/C8H9FN2O2/c1-11(13-2)8(12)6-4-3-5-7(9)10-6/h3-5H,1-2H3. The van der Waals surface area contributed by atoms with E-state index in [9.17, 15) is 9.18 Å². The van der Waals surface area contributed by atoms with Crippen molar-refractivity contribution in [3.63, 3.8) is 0 Å². The Morgan fingerprint density at radius 2 is 2.31 bits per heavy atom. The Labute approximate surface area is 74.9 Å². The Hall–Kier alpha value is -1.49. The highest BCUT2D eigenvalue weighted by atomic mass is 19.1. The van der Waals surface area contributed by atoms with Gasteiger partial charge in [0.25, 0.3) is 5.91 Å². The number of hydrogen-bond acceptors (Lipinski definition) is 3. The molecule has 70 valence electrons. The first kappa shape index (κ1) is 9.60. The number of carbonyl (C=O) groups excluding carboxylic acids is 1. The number of aromatic nitrogens is 1. The lowest BCUT2D eigenvalue weighted by molar-refractivity contribution is -0.0761. The van der Waals surface area contributed by atoms with E-state index in [0.717, 1.165) is 5.06 Å². The molecule has 0 N–H and O–H groups in total. The van der Waals surface area contributed by atoms with Gasteiger partial charge in [-0.1, -0.05) is 6.07 Å². The summed E-state index contributed by atoms with van der Waals surface area (Å²) in [6.45, 7) is 0. The molecule has 0 aliphatic carbocycles. The third-order valence-corrected chi connectivity index (χ3v) is 1.49. The predicted molar refractivity (Wildman–Crippen MR) is 43.3 cm³/mol. The van der Waals surface area contributed by atoms with E-state index in [4.69, 9.17) is 0 Å². The minimum absolute atomic E-state index is 0.0179. The fraction of sp³-hybridized carbons (Fsp3) is 0.250. The lowest BCUT2D eigenvalue weighted by Crippen LogP contribution is -2.26. The number of rotatable bonds is 2. The molecule has 13 heavy (non-hydrogen) atoms. The van der Waals surface area contributed by atoms with Crippen molar-refractivity contribution in [2.45, 2.75) is 0 Å². The molecule has 1 aromatic heterocycles. The van der Waals surface area contributed by atoms with Gasteiger partial charge in [0.2, 0.25) is 5.95 Å². The van der Waals surface area contributed by atoms with Crippen molar-refractivity contribution in [3.05, 3.63) is 29.8 Å². The van der Waals surface area contributed by atoms with E-state index in [1.807, 2.05) is 0 Å². The average molecular weight is 184 g/mol. The maximum Gasteiger partial charge on any atom is 0.295 e. The monoisotopic (exact) mass is 184 g/mol. The summed E-state index contributed by atoms with van der Waals surface area (Å²) < 4.78 is 12.6. The van der Waals surface area contributed by atoms with Gasteiger partial charge in [-0.3, -0.25) is 9.63 Å². The van der Waals surface area contributed by atoms with E-state index in [2.05, 4.69) is 9.82 Å². The molecule has 5 heteroatoms. The zero-order valence-corrected chi connectivity index (χ0v) is 7.32. The van der Waals surface area contributed by atoms with Gasteiger partial charge in [-0.2, -0.15) is 4.39 Å². The van der Waals surface area contributed by atoms with E-state index in [-0.39, 0.29) is 5.69 Å². The van der Waals surface area contributed by atoms with Gasteiger partial charge in [0, 0.05) is 7.05 Å². The van der Waals surface area contributed by atoms with Crippen molar-refractivity contribution in [1.82, 2.24) is 10.0 Å². The molecule has 1 amide bonds. The molecule has 0 radical (unpaired) electrons. The van der Waals surface area contributed by atoms with Gasteiger partial charge in [0.1, 0.15) is 5.69 Å². The molecule has 1 heterocycles. The molecule has 1 rings (SSSR count). The summed E-state index contributed by atoms with van der Waals surface area (Å²) in [5.41, 5.74) is 0.0179. The van der Waals surface area contributed by atoms with Crippen LogP contribution < -0.4 is 0 Å². The maximum atomic E-state index is 12.6. The van der Waals surface area contributed by atoms with E-state index in [0.29, 0.717) is 0 Å². The Morgan fingerprint density at radius 3 is 2.85 bits per heavy atom. The molecular formula is C8H9FN2O2. The number of nitrogens with zero attached hydrogens (tertiary/aromatic N) is 2. The van der Waals surface area contributed by atoms with Gasteiger partial charge in [0.15, 0.2) is 0 Å². The van der Waals surface area contributed by atoms with Crippen LogP contribution in [0.4, 0.5) is 4.39 Å².